The molecule has 4 rings (SSSR count). The van der Waals surface area contributed by atoms with Gasteiger partial charge in [0.2, 0.25) is 0 Å². The first-order chi connectivity index (χ1) is 15.3. The van der Waals surface area contributed by atoms with E-state index in [0.717, 1.165) is 22.3 Å². The van der Waals surface area contributed by atoms with Gasteiger partial charge in [-0.15, -0.1) is 0 Å². The van der Waals surface area contributed by atoms with Crippen LogP contribution in [-0.2, 0) is 14.9 Å². The van der Waals surface area contributed by atoms with E-state index in [1.807, 2.05) is 48.5 Å². The van der Waals surface area contributed by atoms with Gasteiger partial charge in [-0.3, -0.25) is 4.79 Å². The molecular weight excluding hydrogens is 380 g/mol. The average molecular weight is 407 g/mol. The lowest BCUT2D eigenvalue weighted by Gasteiger charge is -2.42. The molecule has 0 spiro atoms. The molecule has 0 aliphatic rings. The van der Waals surface area contributed by atoms with Gasteiger partial charge in [0, 0.05) is 11.3 Å². The number of carbonyl (C=O) groups is 1. The highest BCUT2D eigenvalue weighted by molar-refractivity contribution is 5.74. The molecule has 0 atom stereocenters. The molecule has 0 saturated heterocycles. The van der Waals surface area contributed by atoms with E-state index in [1.165, 1.54) is 7.11 Å². The van der Waals surface area contributed by atoms with Gasteiger partial charge in [0.05, 0.1) is 13.5 Å². The highest BCUT2D eigenvalue weighted by Gasteiger charge is 2.45. The van der Waals surface area contributed by atoms with Gasteiger partial charge in [0.15, 0.2) is 0 Å². The monoisotopic (exact) mass is 406 g/mol. The third kappa shape index (κ3) is 4.15. The second-order valence-corrected chi connectivity index (χ2v) is 7.71. The van der Waals surface area contributed by atoms with Crippen LogP contribution in [0.25, 0.3) is 0 Å². The van der Waals surface area contributed by atoms with Crippen LogP contribution in [0.1, 0.15) is 34.6 Å². The van der Waals surface area contributed by atoms with Crippen LogP contribution in [0, 0.1) is 0 Å². The smallest absolute Gasteiger partial charge is 0.306 e. The second-order valence-electron chi connectivity index (χ2n) is 7.71. The minimum atomic E-state index is -0.641. The lowest BCUT2D eigenvalue weighted by Crippen LogP contribution is -2.38. The van der Waals surface area contributed by atoms with Crippen LogP contribution in [0.5, 0.6) is 0 Å². The number of carbonyl (C=O) groups excluding carboxylic acids is 1. The van der Waals surface area contributed by atoms with Crippen molar-refractivity contribution in [3.8, 4) is 0 Å². The number of rotatable bonds is 7. The largest absolute Gasteiger partial charge is 0.469 e. The maximum Gasteiger partial charge on any atom is 0.306 e. The fourth-order valence-corrected chi connectivity index (χ4v) is 4.63. The number of hydrogen-bond acceptors (Lipinski definition) is 2. The second kappa shape index (κ2) is 9.44. The lowest BCUT2D eigenvalue weighted by molar-refractivity contribution is -0.141. The van der Waals surface area contributed by atoms with E-state index in [4.69, 9.17) is 4.74 Å². The van der Waals surface area contributed by atoms with Crippen LogP contribution >= 0.6 is 0 Å². The molecule has 0 aliphatic heterocycles. The van der Waals surface area contributed by atoms with Crippen molar-refractivity contribution in [3.05, 3.63) is 144 Å². The molecule has 0 N–H and O–H groups in total. The molecular formula is C29H26O2. The van der Waals surface area contributed by atoms with Gasteiger partial charge in [-0.25, -0.2) is 0 Å². The van der Waals surface area contributed by atoms with Crippen molar-refractivity contribution in [2.75, 3.05) is 7.11 Å². The zero-order chi connectivity index (χ0) is 21.5. The topological polar surface area (TPSA) is 26.3 Å². The molecule has 0 heterocycles. The minimum Gasteiger partial charge on any atom is -0.469 e. The van der Waals surface area contributed by atoms with E-state index in [2.05, 4.69) is 72.8 Å². The first-order valence-electron chi connectivity index (χ1n) is 10.5. The maximum atomic E-state index is 12.9. The Balaban J connectivity index is 2.09. The van der Waals surface area contributed by atoms with Gasteiger partial charge in [0.1, 0.15) is 0 Å². The molecule has 4 aromatic rings. The highest BCUT2D eigenvalue weighted by atomic mass is 16.5. The Morgan fingerprint density at radius 2 is 1.00 bits per heavy atom. The zero-order valence-corrected chi connectivity index (χ0v) is 17.6. The summed E-state index contributed by atoms with van der Waals surface area (Å²) in [5.41, 5.74) is 3.85. The lowest BCUT2D eigenvalue weighted by atomic mass is 9.60. The summed E-state index contributed by atoms with van der Waals surface area (Å²) in [4.78, 5) is 12.9. The molecule has 0 saturated carbocycles. The number of hydrogen-bond donors (Lipinski definition) is 0. The molecule has 0 amide bonds. The van der Waals surface area contributed by atoms with Gasteiger partial charge in [0.25, 0.3) is 0 Å². The van der Waals surface area contributed by atoms with Gasteiger partial charge < -0.3 is 4.74 Å². The van der Waals surface area contributed by atoms with E-state index in [-0.39, 0.29) is 18.3 Å². The first-order valence-corrected chi connectivity index (χ1v) is 10.5. The fraction of sp³-hybridized carbons (Fsp3) is 0.138. The molecule has 0 unspecified atom stereocenters. The van der Waals surface area contributed by atoms with Crippen LogP contribution in [0.3, 0.4) is 0 Å². The summed E-state index contributed by atoms with van der Waals surface area (Å²) in [7, 11) is 1.46. The quantitative estimate of drug-likeness (QED) is 0.333. The normalized spacial score (nSPS) is 11.3. The molecule has 0 aromatic heterocycles. The Morgan fingerprint density at radius 3 is 1.35 bits per heavy atom. The highest BCUT2D eigenvalue weighted by Crippen LogP contribution is 2.50. The maximum absolute atomic E-state index is 12.9. The Bertz CT molecular complexity index is 1010. The van der Waals surface area contributed by atoms with Gasteiger partial charge in [-0.05, 0) is 22.3 Å². The minimum absolute atomic E-state index is 0.0844. The number of esters is 1. The Morgan fingerprint density at radius 1 is 0.645 bits per heavy atom. The van der Waals surface area contributed by atoms with Crippen molar-refractivity contribution in [1.82, 2.24) is 0 Å². The number of ether oxygens (including phenoxy) is 1. The van der Waals surface area contributed by atoms with Crippen molar-refractivity contribution in [1.29, 1.82) is 0 Å². The van der Waals surface area contributed by atoms with Crippen LogP contribution in [0.15, 0.2) is 121 Å². The van der Waals surface area contributed by atoms with Crippen molar-refractivity contribution < 1.29 is 9.53 Å². The molecule has 0 fully saturated rings. The Labute approximate surface area is 184 Å². The van der Waals surface area contributed by atoms with Crippen molar-refractivity contribution in [2.24, 2.45) is 0 Å². The summed E-state index contributed by atoms with van der Waals surface area (Å²) in [6.45, 7) is 0. The summed E-state index contributed by atoms with van der Waals surface area (Å²) in [6, 6.07) is 41.5. The van der Waals surface area contributed by atoms with Crippen molar-refractivity contribution in [3.63, 3.8) is 0 Å². The molecule has 154 valence electrons. The third-order valence-corrected chi connectivity index (χ3v) is 5.99. The number of methoxy groups -OCH3 is 1. The van der Waals surface area contributed by atoms with E-state index >= 15 is 0 Å². The van der Waals surface area contributed by atoms with E-state index in [9.17, 15) is 4.79 Å². The summed E-state index contributed by atoms with van der Waals surface area (Å²) >= 11 is 0. The van der Waals surface area contributed by atoms with E-state index < -0.39 is 5.41 Å². The molecule has 31 heavy (non-hydrogen) atoms. The van der Waals surface area contributed by atoms with Crippen molar-refractivity contribution in [2.45, 2.75) is 17.8 Å². The SMILES string of the molecule is COC(=O)CC(c1ccccc1)(c1ccccc1)C(c1ccccc1)c1ccccc1. The molecule has 0 bridgehead atoms. The molecule has 2 heteroatoms. The molecule has 0 aliphatic carbocycles. The number of benzene rings is 4. The van der Waals surface area contributed by atoms with Crippen LogP contribution < -0.4 is 0 Å². The average Bonchev–Trinajstić information content (AvgIpc) is 2.86. The third-order valence-electron chi connectivity index (χ3n) is 5.99. The summed E-state index contributed by atoms with van der Waals surface area (Å²) in [6.07, 6.45) is 0.228. The summed E-state index contributed by atoms with van der Waals surface area (Å²) in [5, 5.41) is 0. The Hall–Kier alpha value is -3.65. The van der Waals surface area contributed by atoms with Crippen LogP contribution in [0.2, 0.25) is 0 Å². The zero-order valence-electron chi connectivity index (χ0n) is 17.6. The van der Waals surface area contributed by atoms with Gasteiger partial charge >= 0.3 is 5.97 Å². The first kappa shape index (κ1) is 20.6. The van der Waals surface area contributed by atoms with Crippen LogP contribution in [0.4, 0.5) is 0 Å². The molecule has 2 nitrogen and oxygen atoms in total. The van der Waals surface area contributed by atoms with E-state index in [0.29, 0.717) is 0 Å². The standard InChI is InChI=1S/C29H26O2/c1-31-27(30)22-29(25-18-10-4-11-19-25,26-20-12-5-13-21-26)28(23-14-6-2-7-15-23)24-16-8-3-9-17-24/h2-21,28H,22H2,1H3. The predicted molar refractivity (Wildman–Crippen MR) is 125 cm³/mol. The summed E-state index contributed by atoms with van der Waals surface area (Å²) in [5.74, 6) is -0.316. The summed E-state index contributed by atoms with van der Waals surface area (Å²) < 4.78 is 5.23. The van der Waals surface area contributed by atoms with Gasteiger partial charge in [-0.1, -0.05) is 121 Å². The van der Waals surface area contributed by atoms with Gasteiger partial charge in [-0.2, -0.15) is 0 Å². The molecule has 4 aromatic carbocycles. The predicted octanol–water partition coefficient (Wildman–Crippen LogP) is 6.37. The van der Waals surface area contributed by atoms with E-state index in [1.54, 1.807) is 0 Å². The van der Waals surface area contributed by atoms with Crippen LogP contribution in [-0.4, -0.2) is 13.1 Å². The fourth-order valence-electron chi connectivity index (χ4n) is 4.63. The Kier molecular flexibility index (Phi) is 6.28. The van der Waals surface area contributed by atoms with Crippen molar-refractivity contribution >= 4 is 5.97 Å². The molecule has 0 radical (unpaired) electrons.